The first kappa shape index (κ1) is 31.5. The van der Waals surface area contributed by atoms with Crippen molar-refractivity contribution in [1.29, 1.82) is 0 Å². The summed E-state index contributed by atoms with van der Waals surface area (Å²) < 4.78 is 0. The lowest BCUT2D eigenvalue weighted by Crippen LogP contribution is -2.32. The van der Waals surface area contributed by atoms with Gasteiger partial charge in [-0.25, -0.2) is 19.9 Å². The monoisotopic (exact) mass is 702 g/mol. The number of rotatable bonds is 4. The van der Waals surface area contributed by atoms with Gasteiger partial charge in [0.1, 0.15) is 0 Å². The molecule has 1 aliphatic heterocycles. The zero-order valence-corrected chi connectivity index (χ0v) is 30.2. The topological polar surface area (TPSA) is 51.0 Å². The van der Waals surface area contributed by atoms with Gasteiger partial charge >= 0.3 is 0 Å². The van der Waals surface area contributed by atoms with Crippen LogP contribution in [0.15, 0.2) is 175 Å². The first-order valence-corrected chi connectivity index (χ1v) is 18.9. The molecule has 4 heteroatoms. The van der Waals surface area contributed by atoms with Gasteiger partial charge in [-0.15, -0.1) is 0 Å². The van der Waals surface area contributed by atoms with Gasteiger partial charge in [-0.1, -0.05) is 165 Å². The molecule has 1 atom stereocenters. The Bertz CT molecular complexity index is 3120. The molecule has 0 radical (unpaired) electrons. The molecular formula is C51H34N4. The number of allylic oxidation sites excluding steroid dienone is 2. The molecule has 0 N–H and O–H groups in total. The third-order valence-electron chi connectivity index (χ3n) is 11.4. The van der Waals surface area contributed by atoms with Crippen molar-refractivity contribution in [3.63, 3.8) is 0 Å². The molecule has 0 fully saturated rings. The lowest BCUT2D eigenvalue weighted by molar-refractivity contribution is 0.600. The smallest absolute Gasteiger partial charge is 0.0972 e. The van der Waals surface area contributed by atoms with Gasteiger partial charge in [-0.05, 0) is 51.7 Å². The summed E-state index contributed by atoms with van der Waals surface area (Å²) in [4.78, 5) is 21.1. The quantitative estimate of drug-likeness (QED) is 0.172. The number of fused-ring (bicyclic) bond motifs is 8. The zero-order chi connectivity index (χ0) is 36.5. The predicted octanol–water partition coefficient (Wildman–Crippen LogP) is 12.8. The van der Waals surface area contributed by atoms with Gasteiger partial charge in [-0.3, -0.25) is 0 Å². The van der Waals surface area contributed by atoms with Crippen LogP contribution in [0.5, 0.6) is 0 Å². The minimum absolute atomic E-state index is 0.222. The first-order valence-electron chi connectivity index (χ1n) is 18.9. The van der Waals surface area contributed by atoms with E-state index in [0.717, 1.165) is 90.2 Å². The normalized spacial score (nSPS) is 16.2. The fourth-order valence-corrected chi connectivity index (χ4v) is 8.36. The second-order valence-electron chi connectivity index (χ2n) is 14.9. The van der Waals surface area contributed by atoms with Crippen molar-refractivity contribution >= 4 is 60.8 Å². The average molecular weight is 703 g/mol. The molecule has 55 heavy (non-hydrogen) atoms. The molecular weight excluding hydrogens is 669 g/mol. The van der Waals surface area contributed by atoms with E-state index in [1.807, 2.05) is 0 Å². The highest BCUT2D eigenvalue weighted by atomic mass is 14.9. The van der Waals surface area contributed by atoms with Crippen molar-refractivity contribution < 1.29 is 0 Å². The highest BCUT2D eigenvalue weighted by Gasteiger charge is 2.36. The molecule has 6 aromatic carbocycles. The second kappa shape index (κ2) is 12.3. The number of benzene rings is 6. The maximum absolute atomic E-state index is 5.35. The van der Waals surface area contributed by atoms with Gasteiger partial charge in [0.2, 0.25) is 0 Å². The zero-order valence-electron chi connectivity index (χ0n) is 30.2. The van der Waals surface area contributed by atoms with Crippen LogP contribution in [-0.2, 0) is 0 Å². The number of nitrogens with zero attached hydrogens (tertiary/aromatic N) is 4. The van der Waals surface area contributed by atoms with Crippen LogP contribution in [0.4, 0.5) is 0 Å². The van der Waals surface area contributed by atoms with Crippen LogP contribution in [0, 0.1) is 5.41 Å². The molecule has 0 spiro atoms. The number of aromatic nitrogens is 3. The molecule has 11 rings (SSSR count). The molecule has 9 aromatic rings. The van der Waals surface area contributed by atoms with Crippen LogP contribution in [0.3, 0.4) is 0 Å². The Kier molecular flexibility index (Phi) is 7.02. The summed E-state index contributed by atoms with van der Waals surface area (Å²) in [6, 6.07) is 55.6. The summed E-state index contributed by atoms with van der Waals surface area (Å²) in [5, 5.41) is 6.96. The summed E-state index contributed by atoms with van der Waals surface area (Å²) in [6.45, 7) is 2.27. The van der Waals surface area contributed by atoms with Crippen molar-refractivity contribution in [2.75, 3.05) is 0 Å². The Labute approximate surface area is 318 Å². The number of aliphatic imine (C=N–C) groups is 1. The summed E-state index contributed by atoms with van der Waals surface area (Å²) in [6.07, 6.45) is 7.62. The number of hydrogen-bond acceptors (Lipinski definition) is 4. The Morgan fingerprint density at radius 1 is 0.473 bits per heavy atom. The Morgan fingerprint density at radius 2 is 1.02 bits per heavy atom. The average Bonchev–Trinajstić information content (AvgIpc) is 3.25. The lowest BCUT2D eigenvalue weighted by atomic mass is 9.73. The summed E-state index contributed by atoms with van der Waals surface area (Å²) in [5.41, 5.74) is 12.9. The van der Waals surface area contributed by atoms with Crippen molar-refractivity contribution in [3.05, 3.63) is 187 Å². The van der Waals surface area contributed by atoms with E-state index in [2.05, 4.69) is 183 Å². The summed E-state index contributed by atoms with van der Waals surface area (Å²) in [7, 11) is 0. The van der Waals surface area contributed by atoms with Crippen molar-refractivity contribution in [3.8, 4) is 33.8 Å². The summed E-state index contributed by atoms with van der Waals surface area (Å²) in [5.74, 6) is 0. The SMILES string of the molecule is CC12C=Cc3ccc(-c4cccc5ccccc45)nc3C1=NC(c1ccc(-c3ccc4ccc5ccc(-c6cccc7ccccc67)nc5c4n3)cc1)=CC2. The molecule has 0 bridgehead atoms. The van der Waals surface area contributed by atoms with Crippen LogP contribution >= 0.6 is 0 Å². The molecule has 0 saturated heterocycles. The maximum atomic E-state index is 5.35. The Morgan fingerprint density at radius 3 is 1.71 bits per heavy atom. The van der Waals surface area contributed by atoms with Gasteiger partial charge in [0.05, 0.1) is 45.2 Å². The Hall–Kier alpha value is -7.04. The molecule has 4 heterocycles. The van der Waals surface area contributed by atoms with E-state index in [0.29, 0.717) is 0 Å². The van der Waals surface area contributed by atoms with E-state index >= 15 is 0 Å². The van der Waals surface area contributed by atoms with Crippen LogP contribution in [0.25, 0.3) is 88.9 Å². The second-order valence-corrected chi connectivity index (χ2v) is 14.9. The molecule has 1 unspecified atom stereocenters. The largest absolute Gasteiger partial charge is 0.250 e. The molecule has 0 amide bonds. The standard InChI is InChI=1S/C51H34N4/c1-51-30-28-38-24-27-46(42-15-7-11-33-9-3-5-13-40(33)42)54-49(38)50(51)55-44(29-31-51)35-18-16-34(17-19-35)43-25-22-36-20-21-37-23-26-45(53-48(37)47(36)52-43)41-14-6-10-32-8-2-4-12-39(32)41/h2-30H,31H2,1H3. The van der Waals surface area contributed by atoms with E-state index in [-0.39, 0.29) is 5.41 Å². The molecule has 0 saturated carbocycles. The van der Waals surface area contributed by atoms with Crippen molar-refractivity contribution in [2.45, 2.75) is 13.3 Å². The van der Waals surface area contributed by atoms with Crippen LogP contribution < -0.4 is 0 Å². The maximum Gasteiger partial charge on any atom is 0.0972 e. The number of pyridine rings is 3. The highest BCUT2D eigenvalue weighted by molar-refractivity contribution is 6.13. The first-order chi connectivity index (χ1) is 27.1. The van der Waals surface area contributed by atoms with E-state index in [1.165, 1.54) is 21.5 Å². The highest BCUT2D eigenvalue weighted by Crippen LogP contribution is 2.42. The van der Waals surface area contributed by atoms with E-state index in [1.54, 1.807) is 0 Å². The van der Waals surface area contributed by atoms with E-state index < -0.39 is 0 Å². The van der Waals surface area contributed by atoms with Crippen LogP contribution in [0.1, 0.15) is 30.2 Å². The molecule has 2 aliphatic rings. The van der Waals surface area contributed by atoms with E-state index in [9.17, 15) is 0 Å². The van der Waals surface area contributed by atoms with E-state index in [4.69, 9.17) is 19.9 Å². The third-order valence-corrected chi connectivity index (χ3v) is 11.4. The van der Waals surface area contributed by atoms with Crippen LogP contribution in [-0.4, -0.2) is 20.7 Å². The lowest BCUT2D eigenvalue weighted by Gasteiger charge is -2.34. The molecule has 1 aliphatic carbocycles. The molecule has 4 nitrogen and oxygen atoms in total. The minimum atomic E-state index is -0.222. The number of hydrogen-bond donors (Lipinski definition) is 0. The Balaban J connectivity index is 0.944. The van der Waals surface area contributed by atoms with Crippen LogP contribution in [0.2, 0.25) is 0 Å². The minimum Gasteiger partial charge on any atom is -0.250 e. The predicted molar refractivity (Wildman–Crippen MR) is 229 cm³/mol. The fourth-order valence-electron chi connectivity index (χ4n) is 8.36. The van der Waals surface area contributed by atoms with Gasteiger partial charge < -0.3 is 0 Å². The van der Waals surface area contributed by atoms with Gasteiger partial charge in [0.15, 0.2) is 0 Å². The molecule has 3 aromatic heterocycles. The van der Waals surface area contributed by atoms with Crippen molar-refractivity contribution in [2.24, 2.45) is 10.4 Å². The van der Waals surface area contributed by atoms with Gasteiger partial charge in [0.25, 0.3) is 0 Å². The van der Waals surface area contributed by atoms with Crippen molar-refractivity contribution in [1.82, 2.24) is 15.0 Å². The van der Waals surface area contributed by atoms with Gasteiger partial charge in [0, 0.05) is 38.4 Å². The van der Waals surface area contributed by atoms with Gasteiger partial charge in [-0.2, -0.15) is 0 Å². The fraction of sp³-hybridized carbons (Fsp3) is 0.0588. The third kappa shape index (κ3) is 5.21. The molecule has 258 valence electrons. The summed E-state index contributed by atoms with van der Waals surface area (Å²) >= 11 is 0.